The van der Waals surface area contributed by atoms with Crippen molar-refractivity contribution in [2.24, 2.45) is 11.8 Å². The average molecular weight is 407 g/mol. The minimum absolute atomic E-state index is 0.00237. The number of benzene rings is 1. The van der Waals surface area contributed by atoms with Gasteiger partial charge < -0.3 is 14.6 Å². The van der Waals surface area contributed by atoms with Crippen LogP contribution in [0, 0.1) is 18.8 Å². The van der Waals surface area contributed by atoms with Gasteiger partial charge in [-0.25, -0.2) is 0 Å². The van der Waals surface area contributed by atoms with Crippen LogP contribution in [0.15, 0.2) is 53.1 Å². The lowest BCUT2D eigenvalue weighted by molar-refractivity contribution is -0.132. The quantitative estimate of drug-likeness (QED) is 0.744. The lowest BCUT2D eigenvalue weighted by atomic mass is 9.76. The van der Waals surface area contributed by atoms with E-state index in [1.807, 2.05) is 37.3 Å². The van der Waals surface area contributed by atoms with Crippen molar-refractivity contribution in [3.63, 3.8) is 0 Å². The van der Waals surface area contributed by atoms with E-state index in [-0.39, 0.29) is 24.0 Å². The number of hydrogen-bond donors (Lipinski definition) is 1. The van der Waals surface area contributed by atoms with Crippen LogP contribution in [0.1, 0.15) is 24.7 Å². The van der Waals surface area contributed by atoms with Crippen molar-refractivity contribution in [1.82, 2.24) is 10.5 Å². The number of fused-ring (bicyclic) bond motifs is 1. The predicted molar refractivity (Wildman–Crippen MR) is 110 cm³/mol. The Labute approximate surface area is 175 Å². The van der Waals surface area contributed by atoms with Crippen LogP contribution in [-0.4, -0.2) is 41.3 Å². The number of nitrogens with one attached hydrogen (secondary N) is 1. The zero-order valence-corrected chi connectivity index (χ0v) is 17.1. The summed E-state index contributed by atoms with van der Waals surface area (Å²) in [4.78, 5) is 28.0. The Balaban J connectivity index is 1.28. The Bertz CT molecular complexity index is 1000. The van der Waals surface area contributed by atoms with Gasteiger partial charge in [-0.1, -0.05) is 47.6 Å². The number of ether oxygens (including phenoxy) is 1. The maximum absolute atomic E-state index is 13.2. The first-order chi connectivity index (χ1) is 14.5. The molecule has 30 heavy (non-hydrogen) atoms. The highest BCUT2D eigenvalue weighted by Gasteiger charge is 2.67. The number of amides is 2. The van der Waals surface area contributed by atoms with Crippen LogP contribution in [0.3, 0.4) is 0 Å². The molecule has 1 N–H and O–H groups in total. The highest BCUT2D eigenvalue weighted by Crippen LogP contribution is 2.52. The third-order valence-electron chi connectivity index (χ3n) is 6.39. The van der Waals surface area contributed by atoms with Gasteiger partial charge in [-0.2, -0.15) is 0 Å². The van der Waals surface area contributed by atoms with Crippen molar-refractivity contribution in [3.8, 4) is 0 Å². The number of anilines is 1. The number of nitrogens with zero attached hydrogens (tertiary/aromatic N) is 2. The van der Waals surface area contributed by atoms with Crippen LogP contribution in [0.2, 0.25) is 0 Å². The standard InChI is InChI=1S/C23H25N3O4/c1-14(8-9-16-6-4-3-5-7-16)24-21(27)19-17-10-11-23(29-17)13-26(22(28)20(19)23)18-12-15(2)30-25-18/h3-7,10-12,14,17,19-20H,8-9,13H2,1-2H3,(H,24,27)/t14-,17+,19-,20+,23-/m0/s1. The summed E-state index contributed by atoms with van der Waals surface area (Å²) in [6.45, 7) is 4.13. The zero-order chi connectivity index (χ0) is 20.9. The molecule has 2 aromatic rings. The second-order valence-electron chi connectivity index (χ2n) is 8.55. The van der Waals surface area contributed by atoms with Crippen LogP contribution >= 0.6 is 0 Å². The van der Waals surface area contributed by atoms with Crippen LogP contribution in [0.4, 0.5) is 5.82 Å². The van der Waals surface area contributed by atoms with Gasteiger partial charge in [0, 0.05) is 12.1 Å². The Hall–Kier alpha value is -2.93. The molecule has 7 heteroatoms. The molecule has 1 aromatic heterocycles. The second-order valence-corrected chi connectivity index (χ2v) is 8.55. The molecule has 4 heterocycles. The van der Waals surface area contributed by atoms with Gasteiger partial charge in [0.05, 0.1) is 24.5 Å². The lowest BCUT2D eigenvalue weighted by Crippen LogP contribution is -2.46. The maximum atomic E-state index is 13.2. The topological polar surface area (TPSA) is 84.7 Å². The summed E-state index contributed by atoms with van der Waals surface area (Å²) in [5, 5.41) is 7.08. The van der Waals surface area contributed by atoms with Gasteiger partial charge >= 0.3 is 0 Å². The first-order valence-corrected chi connectivity index (χ1v) is 10.4. The molecule has 2 saturated heterocycles. The molecule has 3 aliphatic heterocycles. The molecule has 1 spiro atoms. The summed E-state index contributed by atoms with van der Waals surface area (Å²) in [6.07, 6.45) is 5.22. The molecule has 2 bridgehead atoms. The van der Waals surface area contributed by atoms with Crippen molar-refractivity contribution in [2.45, 2.75) is 44.4 Å². The van der Waals surface area contributed by atoms with E-state index in [9.17, 15) is 9.59 Å². The highest BCUT2D eigenvalue weighted by atomic mass is 16.5. The lowest BCUT2D eigenvalue weighted by Gasteiger charge is -2.25. The minimum atomic E-state index is -0.760. The van der Waals surface area contributed by atoms with Gasteiger partial charge in [-0.3, -0.25) is 14.5 Å². The van der Waals surface area contributed by atoms with Gasteiger partial charge in [0.2, 0.25) is 11.8 Å². The summed E-state index contributed by atoms with van der Waals surface area (Å²) in [5.74, 6) is -0.215. The largest absolute Gasteiger partial charge is 0.360 e. The van der Waals surface area contributed by atoms with E-state index in [2.05, 4.69) is 22.6 Å². The molecule has 5 atom stereocenters. The summed E-state index contributed by atoms with van der Waals surface area (Å²) >= 11 is 0. The van der Waals surface area contributed by atoms with Crippen molar-refractivity contribution in [1.29, 1.82) is 0 Å². The van der Waals surface area contributed by atoms with Crippen LogP contribution in [0.25, 0.3) is 0 Å². The van der Waals surface area contributed by atoms with Crippen LogP contribution in [-0.2, 0) is 20.7 Å². The molecule has 2 fully saturated rings. The molecule has 2 amide bonds. The van der Waals surface area contributed by atoms with Crippen LogP contribution < -0.4 is 10.2 Å². The van der Waals surface area contributed by atoms with Gasteiger partial charge in [-0.05, 0) is 32.3 Å². The number of rotatable bonds is 6. The average Bonchev–Trinajstić information content (AvgIpc) is 3.48. The summed E-state index contributed by atoms with van der Waals surface area (Å²) < 4.78 is 11.3. The first kappa shape index (κ1) is 19.1. The Kier molecular flexibility index (Phi) is 4.50. The summed E-state index contributed by atoms with van der Waals surface area (Å²) in [6, 6.07) is 11.9. The molecular formula is C23H25N3O4. The highest BCUT2D eigenvalue weighted by molar-refractivity contribution is 6.02. The van der Waals surface area contributed by atoms with Gasteiger partial charge in [-0.15, -0.1) is 0 Å². The number of carbonyl (C=O) groups is 2. The van der Waals surface area contributed by atoms with E-state index in [1.165, 1.54) is 5.56 Å². The SMILES string of the molecule is Cc1cc(N2C[C@]34C=C[C@@H](O3)[C@H](C(=O)N[C@@H](C)CCc3ccccc3)[C@@H]4C2=O)no1. The number of carbonyl (C=O) groups excluding carboxylic acids is 2. The molecule has 0 saturated carbocycles. The van der Waals surface area contributed by atoms with Crippen molar-refractivity contribution < 1.29 is 18.8 Å². The third-order valence-corrected chi connectivity index (χ3v) is 6.39. The van der Waals surface area contributed by atoms with Crippen molar-refractivity contribution in [2.75, 3.05) is 11.4 Å². The van der Waals surface area contributed by atoms with E-state index in [0.29, 0.717) is 18.1 Å². The third kappa shape index (κ3) is 3.04. The fourth-order valence-corrected chi connectivity index (χ4v) is 4.91. The number of aryl methyl sites for hydroxylation is 2. The Morgan fingerprint density at radius 1 is 1.37 bits per heavy atom. The van der Waals surface area contributed by atoms with E-state index < -0.39 is 17.4 Å². The molecule has 7 nitrogen and oxygen atoms in total. The van der Waals surface area contributed by atoms with E-state index in [4.69, 9.17) is 9.26 Å². The second kappa shape index (κ2) is 7.09. The molecule has 0 aliphatic carbocycles. The van der Waals surface area contributed by atoms with E-state index in [0.717, 1.165) is 12.8 Å². The van der Waals surface area contributed by atoms with Gasteiger partial charge in [0.1, 0.15) is 11.4 Å². The maximum Gasteiger partial charge on any atom is 0.235 e. The number of aromatic nitrogens is 1. The Morgan fingerprint density at radius 3 is 2.90 bits per heavy atom. The van der Waals surface area contributed by atoms with Crippen molar-refractivity contribution in [3.05, 3.63) is 59.9 Å². The summed E-state index contributed by atoms with van der Waals surface area (Å²) in [5.41, 5.74) is 0.484. The molecule has 5 rings (SSSR count). The molecule has 156 valence electrons. The van der Waals surface area contributed by atoms with E-state index >= 15 is 0 Å². The fraction of sp³-hybridized carbons (Fsp3) is 0.435. The van der Waals surface area contributed by atoms with E-state index in [1.54, 1.807) is 17.9 Å². The van der Waals surface area contributed by atoms with Crippen molar-refractivity contribution >= 4 is 17.6 Å². The fourth-order valence-electron chi connectivity index (χ4n) is 4.91. The molecule has 0 radical (unpaired) electrons. The van der Waals surface area contributed by atoms with Gasteiger partial charge in [0.15, 0.2) is 5.82 Å². The molecular weight excluding hydrogens is 382 g/mol. The summed E-state index contributed by atoms with van der Waals surface area (Å²) in [7, 11) is 0. The predicted octanol–water partition coefficient (Wildman–Crippen LogP) is 2.41. The smallest absolute Gasteiger partial charge is 0.235 e. The molecule has 1 aromatic carbocycles. The molecule has 3 aliphatic rings. The Morgan fingerprint density at radius 2 is 2.17 bits per heavy atom. The minimum Gasteiger partial charge on any atom is -0.360 e. The normalized spacial score (nSPS) is 30.0. The zero-order valence-electron chi connectivity index (χ0n) is 17.1. The number of hydrogen-bond acceptors (Lipinski definition) is 5. The van der Waals surface area contributed by atoms with Crippen LogP contribution in [0.5, 0.6) is 0 Å². The monoisotopic (exact) mass is 407 g/mol. The van der Waals surface area contributed by atoms with Gasteiger partial charge in [0.25, 0.3) is 0 Å². The first-order valence-electron chi connectivity index (χ1n) is 10.4. The molecule has 0 unspecified atom stereocenters.